The van der Waals surface area contributed by atoms with Crippen LogP contribution in [0, 0.1) is 0 Å². The predicted molar refractivity (Wildman–Crippen MR) is 52.3 cm³/mol. The van der Waals surface area contributed by atoms with E-state index in [2.05, 4.69) is 10.1 Å². The smallest absolute Gasteiger partial charge is 0.339 e. The van der Waals surface area contributed by atoms with Crippen LogP contribution in [0.1, 0.15) is 10.4 Å². The highest BCUT2D eigenvalue weighted by molar-refractivity contribution is 6.33. The maximum absolute atomic E-state index is 11.2. The van der Waals surface area contributed by atoms with Gasteiger partial charge in [0.05, 0.1) is 17.7 Å². The largest absolute Gasteiger partial charge is 0.465 e. The Bertz CT molecular complexity index is 325. The van der Waals surface area contributed by atoms with E-state index in [-0.39, 0.29) is 0 Å². The molecule has 0 aromatic heterocycles. The number of nitrogens with one attached hydrogen (secondary N) is 1. The van der Waals surface area contributed by atoms with E-state index >= 15 is 0 Å². The summed E-state index contributed by atoms with van der Waals surface area (Å²) in [6.45, 7) is 0. The van der Waals surface area contributed by atoms with Gasteiger partial charge in [-0.25, -0.2) is 4.79 Å². The van der Waals surface area contributed by atoms with E-state index in [1.807, 2.05) is 0 Å². The molecule has 3 nitrogen and oxygen atoms in total. The van der Waals surface area contributed by atoms with Crippen LogP contribution in [0.15, 0.2) is 18.2 Å². The van der Waals surface area contributed by atoms with E-state index in [0.29, 0.717) is 10.6 Å². The summed E-state index contributed by atoms with van der Waals surface area (Å²) in [5, 5.41) is 3.30. The first-order valence-corrected chi connectivity index (χ1v) is 4.12. The standard InChI is InChI=1S/C9H10ClNO2/c1-11-6-3-4-8(10)7(5-6)9(12)13-2/h3-5,11H,1-2H3. The fourth-order valence-corrected chi connectivity index (χ4v) is 1.14. The number of benzene rings is 1. The van der Waals surface area contributed by atoms with Crippen LogP contribution in [0.3, 0.4) is 0 Å². The van der Waals surface area contributed by atoms with Gasteiger partial charge in [-0.2, -0.15) is 0 Å². The number of carbonyl (C=O) groups excluding carboxylic acids is 1. The number of esters is 1. The minimum Gasteiger partial charge on any atom is -0.465 e. The number of hydrogen-bond acceptors (Lipinski definition) is 3. The van der Waals surface area contributed by atoms with Crippen LogP contribution in [-0.2, 0) is 4.74 Å². The number of methoxy groups -OCH3 is 1. The molecule has 0 saturated heterocycles. The number of carbonyl (C=O) groups is 1. The molecule has 0 heterocycles. The molecule has 0 bridgehead atoms. The molecular weight excluding hydrogens is 190 g/mol. The third kappa shape index (κ3) is 2.12. The quantitative estimate of drug-likeness (QED) is 0.742. The molecule has 0 aliphatic carbocycles. The van der Waals surface area contributed by atoms with Gasteiger partial charge in [0.15, 0.2) is 0 Å². The normalized spacial score (nSPS) is 9.46. The fraction of sp³-hybridized carbons (Fsp3) is 0.222. The summed E-state index contributed by atoms with van der Waals surface area (Å²) in [5.74, 6) is -0.429. The average molecular weight is 200 g/mol. The Morgan fingerprint density at radius 2 is 2.23 bits per heavy atom. The van der Waals surface area contributed by atoms with Gasteiger partial charge in [0.25, 0.3) is 0 Å². The van der Waals surface area contributed by atoms with Crippen molar-refractivity contribution in [1.82, 2.24) is 0 Å². The second-order valence-corrected chi connectivity index (χ2v) is 2.84. The summed E-state index contributed by atoms with van der Waals surface area (Å²) >= 11 is 5.80. The van der Waals surface area contributed by atoms with E-state index < -0.39 is 5.97 Å². The van der Waals surface area contributed by atoms with Crippen LogP contribution in [0.5, 0.6) is 0 Å². The lowest BCUT2D eigenvalue weighted by molar-refractivity contribution is 0.0601. The third-order valence-corrected chi connectivity index (χ3v) is 1.99. The van der Waals surface area contributed by atoms with Crippen LogP contribution in [0.2, 0.25) is 5.02 Å². The molecule has 0 unspecified atom stereocenters. The lowest BCUT2D eigenvalue weighted by Crippen LogP contribution is -2.02. The Kier molecular flexibility index (Phi) is 3.14. The second-order valence-electron chi connectivity index (χ2n) is 2.44. The zero-order chi connectivity index (χ0) is 9.84. The van der Waals surface area contributed by atoms with Crippen molar-refractivity contribution in [3.63, 3.8) is 0 Å². The molecule has 1 N–H and O–H groups in total. The highest BCUT2D eigenvalue weighted by Crippen LogP contribution is 2.20. The van der Waals surface area contributed by atoms with Gasteiger partial charge in [0.2, 0.25) is 0 Å². The monoisotopic (exact) mass is 199 g/mol. The maximum atomic E-state index is 11.2. The molecule has 1 aromatic rings. The molecular formula is C9H10ClNO2. The zero-order valence-corrected chi connectivity index (χ0v) is 8.18. The molecule has 0 fully saturated rings. The number of ether oxygens (including phenoxy) is 1. The van der Waals surface area contributed by atoms with Gasteiger partial charge < -0.3 is 10.1 Å². The lowest BCUT2D eigenvalue weighted by atomic mass is 10.2. The first kappa shape index (κ1) is 9.86. The van der Waals surface area contributed by atoms with Crippen molar-refractivity contribution in [2.75, 3.05) is 19.5 Å². The SMILES string of the molecule is CNc1ccc(Cl)c(C(=O)OC)c1. The number of rotatable bonds is 2. The molecule has 1 aromatic carbocycles. The minimum atomic E-state index is -0.429. The maximum Gasteiger partial charge on any atom is 0.339 e. The predicted octanol–water partition coefficient (Wildman–Crippen LogP) is 2.17. The highest BCUT2D eigenvalue weighted by Gasteiger charge is 2.10. The summed E-state index contributed by atoms with van der Waals surface area (Å²) in [5.41, 5.74) is 1.20. The molecule has 70 valence electrons. The Balaban J connectivity index is 3.11. The first-order chi connectivity index (χ1) is 6.19. The summed E-state index contributed by atoms with van der Waals surface area (Å²) in [7, 11) is 3.09. The van der Waals surface area contributed by atoms with Gasteiger partial charge in [0, 0.05) is 12.7 Å². The van der Waals surface area contributed by atoms with Gasteiger partial charge in [-0.05, 0) is 18.2 Å². The minimum absolute atomic E-state index is 0.371. The lowest BCUT2D eigenvalue weighted by Gasteiger charge is -2.04. The van der Waals surface area contributed by atoms with Crippen LogP contribution in [0.4, 0.5) is 5.69 Å². The van der Waals surface area contributed by atoms with E-state index in [0.717, 1.165) is 5.69 Å². The van der Waals surface area contributed by atoms with E-state index in [9.17, 15) is 4.79 Å². The summed E-state index contributed by atoms with van der Waals surface area (Å²) in [4.78, 5) is 11.2. The summed E-state index contributed by atoms with van der Waals surface area (Å²) in [6.07, 6.45) is 0. The topological polar surface area (TPSA) is 38.3 Å². The molecule has 1 rings (SSSR count). The van der Waals surface area contributed by atoms with Crippen molar-refractivity contribution < 1.29 is 9.53 Å². The molecule has 0 saturated carbocycles. The molecule has 0 radical (unpaired) electrons. The Morgan fingerprint density at radius 3 is 2.77 bits per heavy atom. The van der Waals surface area contributed by atoms with E-state index in [1.54, 1.807) is 25.2 Å². The van der Waals surface area contributed by atoms with Crippen molar-refractivity contribution >= 4 is 23.3 Å². The Labute approximate surface area is 81.7 Å². The number of anilines is 1. The molecule has 0 atom stereocenters. The number of hydrogen-bond donors (Lipinski definition) is 1. The zero-order valence-electron chi connectivity index (χ0n) is 7.43. The van der Waals surface area contributed by atoms with Gasteiger partial charge >= 0.3 is 5.97 Å². The fourth-order valence-electron chi connectivity index (χ4n) is 0.947. The molecule has 0 aliphatic rings. The molecule has 0 aliphatic heterocycles. The van der Waals surface area contributed by atoms with Gasteiger partial charge in [0.1, 0.15) is 0 Å². The highest BCUT2D eigenvalue weighted by atomic mass is 35.5. The summed E-state index contributed by atoms with van der Waals surface area (Å²) in [6, 6.07) is 5.09. The van der Waals surface area contributed by atoms with Crippen molar-refractivity contribution in [2.24, 2.45) is 0 Å². The van der Waals surface area contributed by atoms with E-state index in [1.165, 1.54) is 7.11 Å². The Morgan fingerprint density at radius 1 is 1.54 bits per heavy atom. The van der Waals surface area contributed by atoms with Crippen LogP contribution in [0.25, 0.3) is 0 Å². The van der Waals surface area contributed by atoms with Gasteiger partial charge in [-0.1, -0.05) is 11.6 Å². The van der Waals surface area contributed by atoms with Crippen LogP contribution < -0.4 is 5.32 Å². The summed E-state index contributed by atoms with van der Waals surface area (Å²) < 4.78 is 4.57. The van der Waals surface area contributed by atoms with Crippen LogP contribution in [-0.4, -0.2) is 20.1 Å². The van der Waals surface area contributed by atoms with Crippen molar-refractivity contribution in [3.8, 4) is 0 Å². The van der Waals surface area contributed by atoms with Crippen LogP contribution >= 0.6 is 11.6 Å². The number of halogens is 1. The van der Waals surface area contributed by atoms with Gasteiger partial charge in [-0.15, -0.1) is 0 Å². The second kappa shape index (κ2) is 4.14. The van der Waals surface area contributed by atoms with Crippen molar-refractivity contribution in [1.29, 1.82) is 0 Å². The Hall–Kier alpha value is -1.22. The molecule has 4 heteroatoms. The molecule has 0 spiro atoms. The van der Waals surface area contributed by atoms with Gasteiger partial charge in [-0.3, -0.25) is 0 Å². The molecule has 0 amide bonds. The van der Waals surface area contributed by atoms with Crippen molar-refractivity contribution in [3.05, 3.63) is 28.8 Å². The van der Waals surface area contributed by atoms with Crippen molar-refractivity contribution in [2.45, 2.75) is 0 Å². The third-order valence-electron chi connectivity index (χ3n) is 1.66. The first-order valence-electron chi connectivity index (χ1n) is 3.74. The molecule has 13 heavy (non-hydrogen) atoms. The average Bonchev–Trinajstić information content (AvgIpc) is 2.17. The van der Waals surface area contributed by atoms with E-state index in [4.69, 9.17) is 11.6 Å².